The van der Waals surface area contributed by atoms with E-state index >= 15 is 0 Å². The summed E-state index contributed by atoms with van der Waals surface area (Å²) in [5.41, 5.74) is 1.89. The van der Waals surface area contributed by atoms with Gasteiger partial charge in [0.15, 0.2) is 0 Å². The highest BCUT2D eigenvalue weighted by Crippen LogP contribution is 2.31. The van der Waals surface area contributed by atoms with E-state index in [1.54, 1.807) is 41.9 Å². The first-order valence-electron chi connectivity index (χ1n) is 10.4. The fraction of sp³-hybridized carbons (Fsp3) is 0.250. The van der Waals surface area contributed by atoms with Crippen molar-refractivity contribution in [3.8, 4) is 0 Å². The molecule has 3 aromatic rings. The molecule has 1 atom stereocenters. The highest BCUT2D eigenvalue weighted by Gasteiger charge is 2.35. The molecule has 0 aliphatic carbocycles. The van der Waals surface area contributed by atoms with E-state index < -0.39 is 23.6 Å². The Balaban J connectivity index is 1.58. The minimum absolute atomic E-state index is 0.0600. The van der Waals surface area contributed by atoms with Gasteiger partial charge in [-0.1, -0.05) is 24.3 Å². The zero-order chi connectivity index (χ0) is 23.7. The molecule has 0 radical (unpaired) electrons. The second-order valence-corrected chi connectivity index (χ2v) is 7.75. The van der Waals surface area contributed by atoms with Crippen molar-refractivity contribution in [1.82, 2.24) is 15.1 Å². The van der Waals surface area contributed by atoms with Gasteiger partial charge in [-0.15, -0.1) is 0 Å². The standard InChI is InChI=1S/C24H23FN4O4/c1-14(16-8-10-17(11-9-16)24(32)33-3)26-21(30)20-15(2)27-29-13-12-28(22(20)29)23(31)18-6-4-5-7-19(18)25/h4-11,14H,12-13H2,1-3H3,(H,26,30)/t14-/m0/s1. The number of nitrogens with one attached hydrogen (secondary N) is 1. The van der Waals surface area contributed by atoms with E-state index in [4.69, 9.17) is 4.74 Å². The molecule has 2 aromatic carbocycles. The predicted octanol–water partition coefficient (Wildman–Crippen LogP) is 3.27. The average Bonchev–Trinajstić information content (AvgIpc) is 3.36. The van der Waals surface area contributed by atoms with E-state index in [1.165, 1.54) is 30.2 Å². The maximum atomic E-state index is 14.2. The van der Waals surface area contributed by atoms with Gasteiger partial charge in [0.1, 0.15) is 17.2 Å². The van der Waals surface area contributed by atoms with Gasteiger partial charge < -0.3 is 10.1 Å². The van der Waals surface area contributed by atoms with Crippen LogP contribution in [0.5, 0.6) is 0 Å². The predicted molar refractivity (Wildman–Crippen MR) is 119 cm³/mol. The van der Waals surface area contributed by atoms with Crippen LogP contribution < -0.4 is 10.2 Å². The smallest absolute Gasteiger partial charge is 0.337 e. The van der Waals surface area contributed by atoms with Crippen molar-refractivity contribution in [2.45, 2.75) is 26.4 Å². The molecule has 0 unspecified atom stereocenters. The van der Waals surface area contributed by atoms with E-state index in [-0.39, 0.29) is 17.2 Å². The summed E-state index contributed by atoms with van der Waals surface area (Å²) in [5, 5.41) is 7.32. The lowest BCUT2D eigenvalue weighted by atomic mass is 10.1. The van der Waals surface area contributed by atoms with E-state index in [1.807, 2.05) is 6.92 Å². The molecule has 8 nitrogen and oxygen atoms in total. The molecule has 0 saturated heterocycles. The first kappa shape index (κ1) is 22.2. The van der Waals surface area contributed by atoms with Gasteiger partial charge >= 0.3 is 5.97 Å². The molecule has 2 amide bonds. The van der Waals surface area contributed by atoms with Gasteiger partial charge in [0.2, 0.25) is 0 Å². The van der Waals surface area contributed by atoms with Gasteiger partial charge in [-0.2, -0.15) is 5.10 Å². The number of carbonyl (C=O) groups is 3. The van der Waals surface area contributed by atoms with Gasteiger partial charge in [-0.3, -0.25) is 14.5 Å². The normalized spacial score (nSPS) is 13.4. The number of rotatable bonds is 5. The lowest BCUT2D eigenvalue weighted by Gasteiger charge is -2.19. The summed E-state index contributed by atoms with van der Waals surface area (Å²) in [6, 6.07) is 12.1. The Morgan fingerprint density at radius 2 is 1.79 bits per heavy atom. The number of nitrogens with zero attached hydrogens (tertiary/aromatic N) is 3. The summed E-state index contributed by atoms with van der Waals surface area (Å²) < 4.78 is 20.5. The average molecular weight is 450 g/mol. The number of hydrogen-bond acceptors (Lipinski definition) is 5. The van der Waals surface area contributed by atoms with Crippen LogP contribution in [0.2, 0.25) is 0 Å². The van der Waals surface area contributed by atoms with Crippen LogP contribution in [0.3, 0.4) is 0 Å². The molecule has 0 spiro atoms. The third-order valence-electron chi connectivity index (χ3n) is 5.65. The van der Waals surface area contributed by atoms with Gasteiger partial charge in [0.05, 0.1) is 36.5 Å². The summed E-state index contributed by atoms with van der Waals surface area (Å²) in [6.07, 6.45) is 0. The minimum Gasteiger partial charge on any atom is -0.465 e. The third-order valence-corrected chi connectivity index (χ3v) is 5.65. The number of fused-ring (bicyclic) bond motifs is 1. The molecule has 0 bridgehead atoms. The lowest BCUT2D eigenvalue weighted by molar-refractivity contribution is 0.0600. The van der Waals surface area contributed by atoms with Crippen molar-refractivity contribution >= 4 is 23.6 Å². The quantitative estimate of drug-likeness (QED) is 0.603. The molecule has 33 heavy (non-hydrogen) atoms. The van der Waals surface area contributed by atoms with Crippen molar-refractivity contribution in [2.75, 3.05) is 18.6 Å². The van der Waals surface area contributed by atoms with Crippen LogP contribution in [0.4, 0.5) is 10.2 Å². The van der Waals surface area contributed by atoms with E-state index in [0.717, 1.165) is 5.56 Å². The summed E-state index contributed by atoms with van der Waals surface area (Å²) in [4.78, 5) is 39.3. The molecule has 2 heterocycles. The van der Waals surface area contributed by atoms with E-state index in [0.29, 0.717) is 30.2 Å². The van der Waals surface area contributed by atoms with Crippen molar-refractivity contribution in [3.63, 3.8) is 0 Å². The molecule has 1 aromatic heterocycles. The number of carbonyl (C=O) groups excluding carboxylic acids is 3. The molecule has 9 heteroatoms. The van der Waals surface area contributed by atoms with Crippen molar-refractivity contribution in [3.05, 3.63) is 82.3 Å². The third kappa shape index (κ3) is 4.09. The molecular weight excluding hydrogens is 427 g/mol. The minimum atomic E-state index is -0.618. The largest absolute Gasteiger partial charge is 0.465 e. The number of aromatic nitrogens is 2. The second-order valence-electron chi connectivity index (χ2n) is 7.75. The number of amides is 2. The van der Waals surface area contributed by atoms with E-state index in [2.05, 4.69) is 10.4 Å². The van der Waals surface area contributed by atoms with Gasteiger partial charge in [0, 0.05) is 6.54 Å². The van der Waals surface area contributed by atoms with Crippen LogP contribution in [0.15, 0.2) is 48.5 Å². The van der Waals surface area contributed by atoms with Crippen molar-refractivity contribution in [1.29, 1.82) is 0 Å². The van der Waals surface area contributed by atoms with Crippen LogP contribution in [-0.4, -0.2) is 41.2 Å². The number of methoxy groups -OCH3 is 1. The Bertz CT molecular complexity index is 1240. The first-order valence-corrected chi connectivity index (χ1v) is 10.4. The molecule has 0 saturated carbocycles. The molecule has 4 rings (SSSR count). The van der Waals surface area contributed by atoms with Crippen LogP contribution in [0.25, 0.3) is 0 Å². The Labute approximate surface area is 190 Å². The zero-order valence-electron chi connectivity index (χ0n) is 18.5. The molecule has 1 aliphatic rings. The summed E-state index contributed by atoms with van der Waals surface area (Å²) in [6.45, 7) is 4.21. The van der Waals surface area contributed by atoms with Crippen molar-refractivity contribution < 1.29 is 23.5 Å². The topological polar surface area (TPSA) is 93.5 Å². The van der Waals surface area contributed by atoms with Crippen LogP contribution >= 0.6 is 0 Å². The monoisotopic (exact) mass is 450 g/mol. The molecular formula is C24H23FN4O4. The van der Waals surface area contributed by atoms with Gasteiger partial charge in [-0.25, -0.2) is 13.9 Å². The molecule has 1 N–H and O–H groups in total. The highest BCUT2D eigenvalue weighted by molar-refractivity contribution is 6.10. The maximum absolute atomic E-state index is 14.2. The number of hydrogen-bond donors (Lipinski definition) is 1. The Morgan fingerprint density at radius 3 is 2.45 bits per heavy atom. The lowest BCUT2D eigenvalue weighted by Crippen LogP contribution is -2.33. The van der Waals surface area contributed by atoms with Crippen LogP contribution in [0.1, 0.15) is 55.3 Å². The number of aryl methyl sites for hydroxylation is 1. The van der Waals surface area contributed by atoms with Crippen LogP contribution in [-0.2, 0) is 11.3 Å². The number of anilines is 1. The number of ether oxygens (including phenoxy) is 1. The van der Waals surface area contributed by atoms with E-state index in [9.17, 15) is 18.8 Å². The Hall–Kier alpha value is -4.01. The molecule has 0 fully saturated rings. The maximum Gasteiger partial charge on any atom is 0.337 e. The fourth-order valence-electron chi connectivity index (χ4n) is 3.92. The van der Waals surface area contributed by atoms with Gasteiger partial charge in [-0.05, 0) is 43.7 Å². The zero-order valence-corrected chi connectivity index (χ0v) is 18.5. The fourth-order valence-corrected chi connectivity index (χ4v) is 3.92. The van der Waals surface area contributed by atoms with Crippen LogP contribution in [0, 0.1) is 12.7 Å². The SMILES string of the molecule is COC(=O)c1ccc([C@H](C)NC(=O)c2c(C)nn3c2N(C(=O)c2ccccc2F)CC3)cc1. The van der Waals surface area contributed by atoms with Crippen molar-refractivity contribution in [2.24, 2.45) is 0 Å². The number of benzene rings is 2. The summed E-state index contributed by atoms with van der Waals surface area (Å²) in [5.74, 6) is -1.62. The van der Waals surface area contributed by atoms with Gasteiger partial charge in [0.25, 0.3) is 11.8 Å². The molecule has 1 aliphatic heterocycles. The second kappa shape index (κ2) is 8.85. The first-order chi connectivity index (χ1) is 15.8. The molecule has 170 valence electrons. The summed E-state index contributed by atoms with van der Waals surface area (Å²) >= 11 is 0. The Kier molecular flexibility index (Phi) is 5.95. The number of halogens is 1. The Morgan fingerprint density at radius 1 is 1.09 bits per heavy atom. The summed E-state index contributed by atoms with van der Waals surface area (Å²) in [7, 11) is 1.31. The number of esters is 1. The highest BCUT2D eigenvalue weighted by atomic mass is 19.1.